The minimum Gasteiger partial charge on any atom is -0.353 e. The molecule has 0 saturated carbocycles. The molecule has 0 fully saturated rings. The van der Waals surface area contributed by atoms with Crippen LogP contribution in [0.5, 0.6) is 0 Å². The molecule has 0 aromatic carbocycles. The molecule has 1 aliphatic rings. The number of hydrogen-bond acceptors (Lipinski definition) is 2. The van der Waals surface area contributed by atoms with Gasteiger partial charge in [-0.05, 0) is 51.0 Å². The lowest BCUT2D eigenvalue weighted by Gasteiger charge is -2.18. The van der Waals surface area contributed by atoms with Gasteiger partial charge in [0.15, 0.2) is 0 Å². The third kappa shape index (κ3) is 11.0. The van der Waals surface area contributed by atoms with Crippen molar-refractivity contribution in [3.05, 3.63) is 24.3 Å². The van der Waals surface area contributed by atoms with Crippen LogP contribution in [0, 0.1) is 0 Å². The average molecular weight is 335 g/mol. The zero-order valence-corrected chi connectivity index (χ0v) is 15.2. The van der Waals surface area contributed by atoms with Crippen LogP contribution >= 0.6 is 0 Å². The number of unbranched alkanes of at least 4 members (excludes halogenated alkanes) is 4. The molecule has 2 N–H and O–H groups in total. The fourth-order valence-corrected chi connectivity index (χ4v) is 2.83. The Morgan fingerprint density at radius 2 is 2.00 bits per heavy atom. The second-order valence-corrected chi connectivity index (χ2v) is 6.54. The van der Waals surface area contributed by atoms with Crippen molar-refractivity contribution in [3.8, 4) is 0 Å². The molecule has 4 nitrogen and oxygen atoms in total. The van der Waals surface area contributed by atoms with Crippen molar-refractivity contribution in [3.63, 3.8) is 0 Å². The molecule has 0 aromatic heterocycles. The SMILES string of the molecule is CCCCCCC=CCCC1CCCNC(=O)C=CCCC(=O)N1. The molecular weight excluding hydrogens is 300 g/mol. The largest absolute Gasteiger partial charge is 0.353 e. The van der Waals surface area contributed by atoms with Gasteiger partial charge in [0.05, 0.1) is 0 Å². The standard InChI is InChI=1S/C20H34N2O2/c1-2-3-4-5-6-7-8-9-13-18-14-12-17-21-19(23)15-10-11-16-20(24)22-18/h7-8,10,15,18H,2-6,9,11-14,16-17H2,1H3,(H,21,23)(H,22,24). The van der Waals surface area contributed by atoms with Crippen molar-refractivity contribution in [2.45, 2.75) is 83.6 Å². The second-order valence-electron chi connectivity index (χ2n) is 6.54. The molecule has 2 amide bonds. The Kier molecular flexibility index (Phi) is 11.8. The van der Waals surface area contributed by atoms with E-state index in [2.05, 4.69) is 29.7 Å². The Morgan fingerprint density at radius 1 is 1.17 bits per heavy atom. The molecule has 4 heteroatoms. The molecule has 0 radical (unpaired) electrons. The minimum atomic E-state index is -0.0569. The lowest BCUT2D eigenvalue weighted by molar-refractivity contribution is -0.122. The molecule has 0 spiro atoms. The van der Waals surface area contributed by atoms with Gasteiger partial charge in [0.2, 0.25) is 11.8 Å². The van der Waals surface area contributed by atoms with E-state index >= 15 is 0 Å². The van der Waals surface area contributed by atoms with E-state index in [1.54, 1.807) is 6.08 Å². The van der Waals surface area contributed by atoms with Crippen LogP contribution in [0.15, 0.2) is 24.3 Å². The fraction of sp³-hybridized carbons (Fsp3) is 0.700. The third-order valence-corrected chi connectivity index (χ3v) is 4.27. The van der Waals surface area contributed by atoms with Crippen LogP contribution in [0.2, 0.25) is 0 Å². The highest BCUT2D eigenvalue weighted by Gasteiger charge is 2.12. The van der Waals surface area contributed by atoms with E-state index < -0.39 is 0 Å². The summed E-state index contributed by atoms with van der Waals surface area (Å²) < 4.78 is 0. The number of carbonyl (C=O) groups is 2. The first-order valence-corrected chi connectivity index (χ1v) is 9.61. The smallest absolute Gasteiger partial charge is 0.243 e. The van der Waals surface area contributed by atoms with Crippen molar-refractivity contribution < 1.29 is 9.59 Å². The first kappa shape index (κ1) is 20.5. The Labute approximate surface area is 147 Å². The maximum Gasteiger partial charge on any atom is 0.243 e. The molecule has 1 atom stereocenters. The van der Waals surface area contributed by atoms with E-state index in [1.165, 1.54) is 31.8 Å². The van der Waals surface area contributed by atoms with E-state index in [1.807, 2.05) is 0 Å². The summed E-state index contributed by atoms with van der Waals surface area (Å²) in [5.74, 6) is 0.0349. The van der Waals surface area contributed by atoms with Crippen molar-refractivity contribution in [2.75, 3.05) is 6.54 Å². The van der Waals surface area contributed by atoms with E-state index in [0.717, 1.165) is 32.1 Å². The highest BCUT2D eigenvalue weighted by atomic mass is 16.2. The summed E-state index contributed by atoms with van der Waals surface area (Å²) >= 11 is 0. The van der Waals surface area contributed by atoms with Crippen molar-refractivity contribution in [1.82, 2.24) is 10.6 Å². The van der Waals surface area contributed by atoms with Crippen molar-refractivity contribution >= 4 is 11.8 Å². The number of carbonyl (C=O) groups excluding carboxylic acids is 2. The topological polar surface area (TPSA) is 58.2 Å². The normalized spacial score (nSPS) is 20.3. The lowest BCUT2D eigenvalue weighted by Crippen LogP contribution is -2.35. The van der Waals surface area contributed by atoms with Gasteiger partial charge >= 0.3 is 0 Å². The van der Waals surface area contributed by atoms with Gasteiger partial charge in [0, 0.05) is 19.0 Å². The van der Waals surface area contributed by atoms with Crippen LogP contribution in [0.3, 0.4) is 0 Å². The maximum atomic E-state index is 12.0. The second kappa shape index (κ2) is 13.8. The number of amides is 2. The summed E-state index contributed by atoms with van der Waals surface area (Å²) in [7, 11) is 0. The quantitative estimate of drug-likeness (QED) is 0.520. The van der Waals surface area contributed by atoms with Crippen LogP contribution in [0.4, 0.5) is 0 Å². The van der Waals surface area contributed by atoms with E-state index in [9.17, 15) is 9.59 Å². The van der Waals surface area contributed by atoms with E-state index in [-0.39, 0.29) is 17.9 Å². The summed E-state index contributed by atoms with van der Waals surface area (Å²) in [5, 5.41) is 6.03. The Balaban J connectivity index is 2.30. The molecule has 0 aromatic rings. The molecule has 0 aliphatic carbocycles. The van der Waals surface area contributed by atoms with Gasteiger partial charge < -0.3 is 10.6 Å². The summed E-state index contributed by atoms with van der Waals surface area (Å²) in [6, 6.07) is 0.211. The zero-order chi connectivity index (χ0) is 17.5. The summed E-state index contributed by atoms with van der Waals surface area (Å²) in [6.07, 6.45) is 19.0. The summed E-state index contributed by atoms with van der Waals surface area (Å²) in [4.78, 5) is 23.5. The van der Waals surface area contributed by atoms with Gasteiger partial charge in [-0.2, -0.15) is 0 Å². The lowest BCUT2D eigenvalue weighted by atomic mass is 10.0. The molecule has 1 unspecified atom stereocenters. The Bertz CT molecular complexity index is 416. The van der Waals surface area contributed by atoms with Crippen LogP contribution in [0.25, 0.3) is 0 Å². The minimum absolute atomic E-state index is 0.0569. The first-order valence-electron chi connectivity index (χ1n) is 9.61. The van der Waals surface area contributed by atoms with Crippen LogP contribution in [-0.2, 0) is 9.59 Å². The number of nitrogens with one attached hydrogen (secondary N) is 2. The Hall–Kier alpha value is -1.58. The fourth-order valence-electron chi connectivity index (χ4n) is 2.83. The molecule has 1 heterocycles. The van der Waals surface area contributed by atoms with Crippen LogP contribution < -0.4 is 10.6 Å². The monoisotopic (exact) mass is 334 g/mol. The number of allylic oxidation sites excluding steroid dienone is 3. The van der Waals surface area contributed by atoms with Gasteiger partial charge in [0.1, 0.15) is 0 Å². The molecule has 136 valence electrons. The zero-order valence-electron chi connectivity index (χ0n) is 15.2. The molecule has 24 heavy (non-hydrogen) atoms. The van der Waals surface area contributed by atoms with Crippen LogP contribution in [0.1, 0.15) is 77.6 Å². The van der Waals surface area contributed by atoms with Gasteiger partial charge in [-0.3, -0.25) is 9.59 Å². The van der Waals surface area contributed by atoms with Gasteiger partial charge in [-0.1, -0.05) is 44.4 Å². The van der Waals surface area contributed by atoms with Crippen molar-refractivity contribution in [1.29, 1.82) is 0 Å². The molecule has 0 bridgehead atoms. The van der Waals surface area contributed by atoms with Crippen LogP contribution in [-0.4, -0.2) is 24.4 Å². The molecule has 0 saturated heterocycles. The number of hydrogen-bond donors (Lipinski definition) is 2. The predicted molar refractivity (Wildman–Crippen MR) is 99.7 cm³/mol. The van der Waals surface area contributed by atoms with Gasteiger partial charge in [-0.25, -0.2) is 0 Å². The third-order valence-electron chi connectivity index (χ3n) is 4.27. The highest BCUT2D eigenvalue weighted by Crippen LogP contribution is 2.09. The summed E-state index contributed by atoms with van der Waals surface area (Å²) in [6.45, 7) is 2.90. The van der Waals surface area contributed by atoms with Crippen molar-refractivity contribution in [2.24, 2.45) is 0 Å². The van der Waals surface area contributed by atoms with Gasteiger partial charge in [0.25, 0.3) is 0 Å². The number of rotatable bonds is 8. The predicted octanol–water partition coefficient (Wildman–Crippen LogP) is 4.02. The highest BCUT2D eigenvalue weighted by molar-refractivity contribution is 5.87. The Morgan fingerprint density at radius 3 is 2.83 bits per heavy atom. The molecule has 1 aliphatic heterocycles. The molecule has 1 rings (SSSR count). The summed E-state index contributed by atoms with van der Waals surface area (Å²) in [5.41, 5.74) is 0. The van der Waals surface area contributed by atoms with Gasteiger partial charge in [-0.15, -0.1) is 0 Å². The average Bonchev–Trinajstić information content (AvgIpc) is 2.56. The van der Waals surface area contributed by atoms with E-state index in [4.69, 9.17) is 0 Å². The molecular formula is C20H34N2O2. The maximum absolute atomic E-state index is 12.0. The first-order chi connectivity index (χ1) is 11.7. The van der Waals surface area contributed by atoms with E-state index in [0.29, 0.717) is 19.4 Å².